The molecule has 0 fully saturated rings. The fourth-order valence-corrected chi connectivity index (χ4v) is 1.51. The summed E-state index contributed by atoms with van der Waals surface area (Å²) in [5.74, 6) is 0.0289. The molecule has 1 amide bonds. The molecule has 0 aromatic carbocycles. The van der Waals surface area contributed by atoms with Gasteiger partial charge in [0.1, 0.15) is 0 Å². The quantitative estimate of drug-likeness (QED) is 0.593. The van der Waals surface area contributed by atoms with E-state index in [-0.39, 0.29) is 12.5 Å². The molecule has 0 saturated heterocycles. The molecule has 0 aliphatic rings. The Morgan fingerprint density at radius 1 is 1.20 bits per heavy atom. The summed E-state index contributed by atoms with van der Waals surface area (Å²) >= 11 is 0. The second-order valence-electron chi connectivity index (χ2n) is 3.67. The van der Waals surface area contributed by atoms with Crippen molar-refractivity contribution in [2.75, 3.05) is 32.8 Å². The first-order valence-corrected chi connectivity index (χ1v) is 5.84. The second-order valence-corrected chi connectivity index (χ2v) is 3.67. The predicted octanol–water partition coefficient (Wildman–Crippen LogP) is 0.607. The lowest BCUT2D eigenvalue weighted by Crippen LogP contribution is -2.33. The van der Waals surface area contributed by atoms with Gasteiger partial charge >= 0.3 is 0 Å². The molecule has 0 aromatic heterocycles. The standard InChI is InChI=1S/C11H24N2O2/c1-3-7-13(8-4-2)9-5-11(15)12-6-10-14/h14H,3-10H2,1-2H3,(H,12,15). The number of carbonyl (C=O) groups excluding carboxylic acids is 1. The molecular formula is C11H24N2O2. The van der Waals surface area contributed by atoms with Gasteiger partial charge < -0.3 is 15.3 Å². The van der Waals surface area contributed by atoms with E-state index in [1.807, 2.05) is 0 Å². The third kappa shape index (κ3) is 8.39. The lowest BCUT2D eigenvalue weighted by atomic mass is 10.3. The third-order valence-electron chi connectivity index (χ3n) is 2.17. The van der Waals surface area contributed by atoms with E-state index in [2.05, 4.69) is 24.1 Å². The fourth-order valence-electron chi connectivity index (χ4n) is 1.51. The molecule has 0 atom stereocenters. The van der Waals surface area contributed by atoms with Gasteiger partial charge in [-0.3, -0.25) is 4.79 Å². The molecule has 4 nitrogen and oxygen atoms in total. The first kappa shape index (κ1) is 14.4. The van der Waals surface area contributed by atoms with Crippen molar-refractivity contribution >= 4 is 5.91 Å². The van der Waals surface area contributed by atoms with Crippen LogP contribution in [-0.2, 0) is 4.79 Å². The molecule has 4 heteroatoms. The molecule has 0 aromatic rings. The van der Waals surface area contributed by atoms with Gasteiger partial charge in [0, 0.05) is 19.5 Å². The largest absolute Gasteiger partial charge is 0.395 e. The maximum atomic E-state index is 11.3. The van der Waals surface area contributed by atoms with E-state index in [1.165, 1.54) is 0 Å². The zero-order valence-electron chi connectivity index (χ0n) is 9.96. The number of nitrogens with one attached hydrogen (secondary N) is 1. The molecule has 0 radical (unpaired) electrons. The highest BCUT2D eigenvalue weighted by Gasteiger charge is 2.05. The number of hydrogen-bond acceptors (Lipinski definition) is 3. The number of nitrogens with zero attached hydrogens (tertiary/aromatic N) is 1. The van der Waals surface area contributed by atoms with Crippen molar-refractivity contribution in [1.29, 1.82) is 0 Å². The van der Waals surface area contributed by atoms with Crippen LogP contribution in [0.15, 0.2) is 0 Å². The van der Waals surface area contributed by atoms with Gasteiger partial charge in [0.15, 0.2) is 0 Å². The van der Waals surface area contributed by atoms with Gasteiger partial charge in [-0.1, -0.05) is 13.8 Å². The van der Waals surface area contributed by atoms with Gasteiger partial charge in [-0.2, -0.15) is 0 Å². The van der Waals surface area contributed by atoms with Crippen LogP contribution in [0.3, 0.4) is 0 Å². The number of amides is 1. The highest BCUT2D eigenvalue weighted by molar-refractivity contribution is 5.75. The number of hydrogen-bond donors (Lipinski definition) is 2. The Morgan fingerprint density at radius 2 is 1.80 bits per heavy atom. The minimum atomic E-state index is 0.0133. The summed E-state index contributed by atoms with van der Waals surface area (Å²) < 4.78 is 0. The molecule has 0 bridgehead atoms. The maximum Gasteiger partial charge on any atom is 0.221 e. The topological polar surface area (TPSA) is 52.6 Å². The summed E-state index contributed by atoms with van der Waals surface area (Å²) in [6.07, 6.45) is 2.77. The molecule has 0 rings (SSSR count). The Labute approximate surface area is 92.7 Å². The van der Waals surface area contributed by atoms with E-state index < -0.39 is 0 Å². The Morgan fingerprint density at radius 3 is 2.27 bits per heavy atom. The lowest BCUT2D eigenvalue weighted by Gasteiger charge is -2.20. The van der Waals surface area contributed by atoms with Crippen LogP contribution in [-0.4, -0.2) is 48.7 Å². The van der Waals surface area contributed by atoms with Gasteiger partial charge in [-0.05, 0) is 25.9 Å². The number of aliphatic hydroxyl groups is 1. The van der Waals surface area contributed by atoms with Gasteiger partial charge in [-0.25, -0.2) is 0 Å². The zero-order chi connectivity index (χ0) is 11.5. The Balaban J connectivity index is 3.62. The van der Waals surface area contributed by atoms with Crippen molar-refractivity contribution < 1.29 is 9.90 Å². The SMILES string of the molecule is CCCN(CCC)CCC(=O)NCCO. The molecule has 0 saturated carbocycles. The first-order valence-electron chi connectivity index (χ1n) is 5.84. The molecule has 0 aliphatic carbocycles. The Kier molecular flexibility index (Phi) is 9.52. The normalized spacial score (nSPS) is 10.7. The van der Waals surface area contributed by atoms with E-state index in [0.717, 1.165) is 32.5 Å². The van der Waals surface area contributed by atoms with Crippen LogP contribution in [0.2, 0.25) is 0 Å². The molecule has 2 N–H and O–H groups in total. The van der Waals surface area contributed by atoms with Crippen molar-refractivity contribution in [3.8, 4) is 0 Å². The van der Waals surface area contributed by atoms with Crippen molar-refractivity contribution in [2.24, 2.45) is 0 Å². The lowest BCUT2D eigenvalue weighted by molar-refractivity contribution is -0.121. The number of rotatable bonds is 9. The summed E-state index contributed by atoms with van der Waals surface area (Å²) in [4.78, 5) is 13.6. The maximum absolute atomic E-state index is 11.3. The van der Waals surface area contributed by atoms with E-state index in [9.17, 15) is 4.79 Å². The molecule has 0 heterocycles. The molecule has 15 heavy (non-hydrogen) atoms. The number of carbonyl (C=O) groups is 1. The first-order chi connectivity index (χ1) is 7.24. The summed E-state index contributed by atoms with van der Waals surface area (Å²) in [6.45, 7) is 7.60. The average Bonchev–Trinajstić information content (AvgIpc) is 2.23. The van der Waals surface area contributed by atoms with Crippen LogP contribution in [0.5, 0.6) is 0 Å². The van der Waals surface area contributed by atoms with E-state index in [4.69, 9.17) is 5.11 Å². The number of aliphatic hydroxyl groups excluding tert-OH is 1. The molecule has 0 aliphatic heterocycles. The van der Waals surface area contributed by atoms with Gasteiger partial charge in [-0.15, -0.1) is 0 Å². The van der Waals surface area contributed by atoms with Crippen molar-refractivity contribution in [3.05, 3.63) is 0 Å². The Hall–Kier alpha value is -0.610. The fraction of sp³-hybridized carbons (Fsp3) is 0.909. The van der Waals surface area contributed by atoms with Crippen LogP contribution in [0, 0.1) is 0 Å². The van der Waals surface area contributed by atoms with Crippen molar-refractivity contribution in [2.45, 2.75) is 33.1 Å². The monoisotopic (exact) mass is 216 g/mol. The molecule has 0 unspecified atom stereocenters. The van der Waals surface area contributed by atoms with Gasteiger partial charge in [0.2, 0.25) is 5.91 Å². The van der Waals surface area contributed by atoms with E-state index >= 15 is 0 Å². The summed E-state index contributed by atoms with van der Waals surface area (Å²) in [5, 5.41) is 11.2. The third-order valence-corrected chi connectivity index (χ3v) is 2.17. The molecule has 0 spiro atoms. The van der Waals surface area contributed by atoms with Crippen LogP contribution < -0.4 is 5.32 Å². The van der Waals surface area contributed by atoms with Gasteiger partial charge in [0.25, 0.3) is 0 Å². The van der Waals surface area contributed by atoms with Crippen LogP contribution in [0.25, 0.3) is 0 Å². The highest BCUT2D eigenvalue weighted by Crippen LogP contribution is 1.96. The Bertz CT molecular complexity index is 157. The van der Waals surface area contributed by atoms with Crippen molar-refractivity contribution in [3.63, 3.8) is 0 Å². The van der Waals surface area contributed by atoms with Gasteiger partial charge in [0.05, 0.1) is 6.61 Å². The van der Waals surface area contributed by atoms with Crippen molar-refractivity contribution in [1.82, 2.24) is 10.2 Å². The minimum Gasteiger partial charge on any atom is -0.395 e. The van der Waals surface area contributed by atoms with E-state index in [1.54, 1.807) is 0 Å². The summed E-state index contributed by atoms with van der Waals surface area (Å²) in [5.41, 5.74) is 0. The second kappa shape index (κ2) is 9.93. The highest BCUT2D eigenvalue weighted by atomic mass is 16.3. The smallest absolute Gasteiger partial charge is 0.221 e. The van der Waals surface area contributed by atoms with Crippen LogP contribution >= 0.6 is 0 Å². The summed E-state index contributed by atoms with van der Waals surface area (Å²) in [7, 11) is 0. The van der Waals surface area contributed by atoms with E-state index in [0.29, 0.717) is 13.0 Å². The summed E-state index contributed by atoms with van der Waals surface area (Å²) in [6, 6.07) is 0. The van der Waals surface area contributed by atoms with Crippen LogP contribution in [0.1, 0.15) is 33.1 Å². The zero-order valence-corrected chi connectivity index (χ0v) is 9.96. The van der Waals surface area contributed by atoms with Crippen LogP contribution in [0.4, 0.5) is 0 Å². The molecule has 90 valence electrons. The molecular weight excluding hydrogens is 192 g/mol. The predicted molar refractivity (Wildman–Crippen MR) is 61.7 cm³/mol. The minimum absolute atomic E-state index is 0.0133. The average molecular weight is 216 g/mol.